The van der Waals surface area contributed by atoms with E-state index in [-0.39, 0.29) is 18.3 Å². The van der Waals surface area contributed by atoms with E-state index in [0.717, 1.165) is 13.0 Å². The Bertz CT molecular complexity index is 494. The van der Waals surface area contributed by atoms with Crippen molar-refractivity contribution in [3.05, 3.63) is 35.4 Å². The first kappa shape index (κ1) is 17.3. The molecule has 3 rings (SSSR count). The number of hydrogen-bond acceptors (Lipinski definition) is 2. The van der Waals surface area contributed by atoms with Gasteiger partial charge in [0.05, 0.1) is 0 Å². The van der Waals surface area contributed by atoms with Crippen molar-refractivity contribution >= 4 is 18.3 Å². The Morgan fingerprint density at radius 3 is 2.59 bits per heavy atom. The van der Waals surface area contributed by atoms with Crippen LogP contribution in [0.1, 0.15) is 43.2 Å². The van der Waals surface area contributed by atoms with Gasteiger partial charge in [-0.3, -0.25) is 4.79 Å². The Labute approximate surface area is 139 Å². The number of hydrogen-bond donors (Lipinski definition) is 2. The standard InChI is InChI=1S/C18H26N2O.ClH/c1-13-4-2-3-5-15(13)8-9-19-18(21)12-14-10-16-6-7-17(11-14)20-16;/h2-5,14,16-17,20H,6-12H2,1H3,(H,19,21);1H. The van der Waals surface area contributed by atoms with Crippen molar-refractivity contribution < 1.29 is 4.79 Å². The molecule has 0 spiro atoms. The van der Waals surface area contributed by atoms with Gasteiger partial charge in [-0.1, -0.05) is 24.3 Å². The van der Waals surface area contributed by atoms with Gasteiger partial charge >= 0.3 is 0 Å². The van der Waals surface area contributed by atoms with Gasteiger partial charge in [0.2, 0.25) is 5.91 Å². The van der Waals surface area contributed by atoms with Crippen LogP contribution in [-0.2, 0) is 11.2 Å². The van der Waals surface area contributed by atoms with Crippen LogP contribution in [0.2, 0.25) is 0 Å². The molecule has 0 radical (unpaired) electrons. The predicted octanol–water partition coefficient (Wildman–Crippen LogP) is 3.00. The summed E-state index contributed by atoms with van der Waals surface area (Å²) in [5.74, 6) is 0.817. The zero-order valence-corrected chi connectivity index (χ0v) is 14.1. The summed E-state index contributed by atoms with van der Waals surface area (Å²) in [5, 5.41) is 6.73. The SMILES string of the molecule is Cc1ccccc1CCNC(=O)CC1CC2CCC(C1)N2.Cl. The quantitative estimate of drug-likeness (QED) is 0.875. The first-order valence-corrected chi connectivity index (χ1v) is 8.28. The van der Waals surface area contributed by atoms with Gasteiger partial charge in [0.25, 0.3) is 0 Å². The minimum Gasteiger partial charge on any atom is -0.356 e. The zero-order chi connectivity index (χ0) is 14.7. The van der Waals surface area contributed by atoms with E-state index in [4.69, 9.17) is 0 Å². The maximum atomic E-state index is 12.1. The fourth-order valence-electron chi connectivity index (χ4n) is 3.90. The lowest BCUT2D eigenvalue weighted by Gasteiger charge is -2.28. The second-order valence-corrected chi connectivity index (χ2v) is 6.71. The maximum absolute atomic E-state index is 12.1. The van der Waals surface area contributed by atoms with Crippen LogP contribution in [-0.4, -0.2) is 24.5 Å². The fraction of sp³-hybridized carbons (Fsp3) is 0.611. The van der Waals surface area contributed by atoms with Crippen LogP contribution in [0.4, 0.5) is 0 Å². The Kier molecular flexibility index (Phi) is 6.27. The van der Waals surface area contributed by atoms with Gasteiger partial charge in [-0.15, -0.1) is 12.4 Å². The zero-order valence-electron chi connectivity index (χ0n) is 13.3. The largest absolute Gasteiger partial charge is 0.356 e. The van der Waals surface area contributed by atoms with Crippen molar-refractivity contribution in [1.82, 2.24) is 10.6 Å². The molecule has 3 nitrogen and oxygen atoms in total. The highest BCUT2D eigenvalue weighted by atomic mass is 35.5. The van der Waals surface area contributed by atoms with E-state index < -0.39 is 0 Å². The number of benzene rings is 1. The number of rotatable bonds is 5. The van der Waals surface area contributed by atoms with Crippen LogP contribution in [0.15, 0.2) is 24.3 Å². The molecule has 4 heteroatoms. The van der Waals surface area contributed by atoms with Crippen molar-refractivity contribution in [2.75, 3.05) is 6.54 Å². The highest BCUT2D eigenvalue weighted by Gasteiger charge is 2.33. The van der Waals surface area contributed by atoms with Crippen molar-refractivity contribution in [2.24, 2.45) is 5.92 Å². The molecule has 0 aliphatic carbocycles. The topological polar surface area (TPSA) is 41.1 Å². The van der Waals surface area contributed by atoms with Gasteiger partial charge in [0, 0.05) is 25.0 Å². The number of piperidine rings is 1. The third-order valence-corrected chi connectivity index (χ3v) is 5.02. The van der Waals surface area contributed by atoms with Gasteiger partial charge in [-0.05, 0) is 56.1 Å². The van der Waals surface area contributed by atoms with Crippen LogP contribution < -0.4 is 10.6 Å². The van der Waals surface area contributed by atoms with Gasteiger partial charge in [-0.2, -0.15) is 0 Å². The monoisotopic (exact) mass is 322 g/mol. The van der Waals surface area contributed by atoms with E-state index in [1.165, 1.54) is 36.8 Å². The molecule has 2 bridgehead atoms. The molecule has 2 N–H and O–H groups in total. The lowest BCUT2D eigenvalue weighted by atomic mass is 9.89. The number of fused-ring (bicyclic) bond motifs is 2. The van der Waals surface area contributed by atoms with Gasteiger partial charge < -0.3 is 10.6 Å². The van der Waals surface area contributed by atoms with Crippen molar-refractivity contribution in [3.8, 4) is 0 Å². The number of nitrogens with one attached hydrogen (secondary N) is 2. The molecule has 1 amide bonds. The molecule has 2 heterocycles. The molecule has 2 aliphatic rings. The van der Waals surface area contributed by atoms with Gasteiger partial charge in [-0.25, -0.2) is 0 Å². The molecule has 2 saturated heterocycles. The van der Waals surface area contributed by atoms with Crippen LogP contribution in [0.25, 0.3) is 0 Å². The highest BCUT2D eigenvalue weighted by Crippen LogP contribution is 2.32. The number of carbonyl (C=O) groups excluding carboxylic acids is 1. The third kappa shape index (κ3) is 4.47. The van der Waals surface area contributed by atoms with Crippen LogP contribution in [0.3, 0.4) is 0 Å². The summed E-state index contributed by atoms with van der Waals surface area (Å²) < 4.78 is 0. The van der Waals surface area contributed by atoms with Crippen molar-refractivity contribution in [3.63, 3.8) is 0 Å². The van der Waals surface area contributed by atoms with Gasteiger partial charge in [0.15, 0.2) is 0 Å². The molecule has 0 aromatic heterocycles. The molecule has 2 fully saturated rings. The molecule has 1 aromatic rings. The van der Waals surface area contributed by atoms with E-state index in [1.807, 2.05) is 0 Å². The summed E-state index contributed by atoms with van der Waals surface area (Å²) in [7, 11) is 0. The van der Waals surface area contributed by atoms with Crippen LogP contribution in [0.5, 0.6) is 0 Å². The van der Waals surface area contributed by atoms with Gasteiger partial charge in [0.1, 0.15) is 0 Å². The summed E-state index contributed by atoms with van der Waals surface area (Å²) >= 11 is 0. The smallest absolute Gasteiger partial charge is 0.220 e. The number of carbonyl (C=O) groups is 1. The van der Waals surface area contributed by atoms with E-state index in [9.17, 15) is 4.79 Å². The summed E-state index contributed by atoms with van der Waals surface area (Å²) in [6.07, 6.45) is 6.61. The van der Waals surface area contributed by atoms with E-state index in [0.29, 0.717) is 24.4 Å². The second kappa shape index (κ2) is 7.98. The molecule has 2 atom stereocenters. The Hall–Kier alpha value is -1.06. The summed E-state index contributed by atoms with van der Waals surface area (Å²) in [5.41, 5.74) is 2.64. The predicted molar refractivity (Wildman–Crippen MR) is 92.4 cm³/mol. The van der Waals surface area contributed by atoms with E-state index in [1.54, 1.807) is 0 Å². The number of amides is 1. The van der Waals surface area contributed by atoms with Crippen LogP contribution >= 0.6 is 12.4 Å². The molecule has 22 heavy (non-hydrogen) atoms. The minimum atomic E-state index is 0. The Balaban J connectivity index is 0.00000176. The first-order chi connectivity index (χ1) is 10.2. The average molecular weight is 323 g/mol. The fourth-order valence-corrected chi connectivity index (χ4v) is 3.90. The lowest BCUT2D eigenvalue weighted by molar-refractivity contribution is -0.122. The molecule has 1 aromatic carbocycles. The van der Waals surface area contributed by atoms with Crippen molar-refractivity contribution in [2.45, 2.75) is 57.5 Å². The summed E-state index contributed by atoms with van der Waals surface area (Å²) in [4.78, 5) is 12.1. The molecular weight excluding hydrogens is 296 g/mol. The Morgan fingerprint density at radius 1 is 1.23 bits per heavy atom. The highest BCUT2D eigenvalue weighted by molar-refractivity contribution is 5.85. The minimum absolute atomic E-state index is 0. The van der Waals surface area contributed by atoms with E-state index >= 15 is 0 Å². The summed E-state index contributed by atoms with van der Waals surface area (Å²) in [6.45, 7) is 2.88. The van der Waals surface area contributed by atoms with E-state index in [2.05, 4.69) is 41.8 Å². The Morgan fingerprint density at radius 2 is 1.91 bits per heavy atom. The summed E-state index contributed by atoms with van der Waals surface area (Å²) in [6, 6.07) is 9.74. The number of aryl methyl sites for hydroxylation is 1. The molecule has 2 aliphatic heterocycles. The normalized spacial score (nSPS) is 26.3. The third-order valence-electron chi connectivity index (χ3n) is 5.02. The molecule has 2 unspecified atom stereocenters. The maximum Gasteiger partial charge on any atom is 0.220 e. The van der Waals surface area contributed by atoms with Crippen molar-refractivity contribution in [1.29, 1.82) is 0 Å². The molecule has 0 saturated carbocycles. The number of halogens is 1. The average Bonchev–Trinajstić information content (AvgIpc) is 2.80. The van der Waals surface area contributed by atoms with Crippen LogP contribution in [0, 0.1) is 12.8 Å². The second-order valence-electron chi connectivity index (χ2n) is 6.71. The lowest BCUT2D eigenvalue weighted by Crippen LogP contribution is -2.39. The molecular formula is C18H27ClN2O. The first-order valence-electron chi connectivity index (χ1n) is 8.28. The molecule has 122 valence electrons.